The third-order valence-corrected chi connectivity index (χ3v) is 2.73. The van der Waals surface area contributed by atoms with E-state index in [0.717, 1.165) is 11.4 Å². The number of hydrogen-bond acceptors (Lipinski definition) is 4. The summed E-state index contributed by atoms with van der Waals surface area (Å²) < 4.78 is 5.05. The largest absolute Gasteiger partial charge is 0.497 e. The Kier molecular flexibility index (Phi) is 4.64. The lowest BCUT2D eigenvalue weighted by Gasteiger charge is -2.05. The van der Waals surface area contributed by atoms with Crippen molar-refractivity contribution in [2.24, 2.45) is 0 Å². The Balaban J connectivity index is 1.84. The van der Waals surface area contributed by atoms with Crippen molar-refractivity contribution in [3.8, 4) is 5.75 Å². The number of methoxy groups -OCH3 is 1. The highest BCUT2D eigenvalue weighted by molar-refractivity contribution is 5.97. The molecule has 4 heteroatoms. The van der Waals surface area contributed by atoms with Gasteiger partial charge < -0.3 is 10.1 Å². The number of ketones is 1. The third kappa shape index (κ3) is 3.89. The number of carbonyl (C=O) groups excluding carboxylic acids is 1. The maximum absolute atomic E-state index is 11.9. The number of nitrogens with zero attached hydrogens (tertiary/aromatic N) is 1. The van der Waals surface area contributed by atoms with E-state index in [9.17, 15) is 4.79 Å². The second-order valence-corrected chi connectivity index (χ2v) is 4.08. The zero-order chi connectivity index (χ0) is 13.5. The van der Waals surface area contributed by atoms with Gasteiger partial charge in [0.1, 0.15) is 5.75 Å². The molecule has 2 aromatic rings. The van der Waals surface area contributed by atoms with Gasteiger partial charge >= 0.3 is 0 Å². The Hall–Kier alpha value is -2.20. The van der Waals surface area contributed by atoms with E-state index in [2.05, 4.69) is 10.3 Å². The van der Waals surface area contributed by atoms with Gasteiger partial charge in [0, 0.05) is 18.3 Å². The van der Waals surface area contributed by atoms with Crippen molar-refractivity contribution in [1.29, 1.82) is 0 Å². The molecule has 0 aliphatic carbocycles. The van der Waals surface area contributed by atoms with Gasteiger partial charge in [-0.15, -0.1) is 0 Å². The molecule has 1 N–H and O–H groups in total. The van der Waals surface area contributed by atoms with Gasteiger partial charge in [-0.2, -0.15) is 0 Å². The average Bonchev–Trinajstić information content (AvgIpc) is 2.48. The van der Waals surface area contributed by atoms with Crippen LogP contribution in [0.3, 0.4) is 0 Å². The van der Waals surface area contributed by atoms with Crippen LogP contribution in [-0.4, -0.2) is 24.4 Å². The van der Waals surface area contributed by atoms with Crippen LogP contribution in [0.4, 0.5) is 0 Å². The van der Waals surface area contributed by atoms with Crippen LogP contribution in [0.15, 0.2) is 48.7 Å². The average molecular weight is 256 g/mol. The number of Topliss-reactive ketones (excluding diaryl/α,β-unsaturated/α-hetero) is 1. The number of nitrogens with one attached hydrogen (secondary N) is 1. The number of rotatable bonds is 6. The number of hydrogen-bond donors (Lipinski definition) is 1. The predicted molar refractivity (Wildman–Crippen MR) is 73.3 cm³/mol. The van der Waals surface area contributed by atoms with Crippen LogP contribution in [0.25, 0.3) is 0 Å². The van der Waals surface area contributed by atoms with Gasteiger partial charge in [-0.25, -0.2) is 0 Å². The SMILES string of the molecule is COc1ccc(C(=O)CNCc2ccccn2)cc1. The van der Waals surface area contributed by atoms with Gasteiger partial charge in [0.2, 0.25) is 0 Å². The maximum Gasteiger partial charge on any atom is 0.176 e. The first-order chi connectivity index (χ1) is 9.29. The molecular weight excluding hydrogens is 240 g/mol. The fourth-order valence-corrected chi connectivity index (χ4v) is 1.69. The Morgan fingerprint density at radius 2 is 2.00 bits per heavy atom. The van der Waals surface area contributed by atoms with E-state index in [1.807, 2.05) is 18.2 Å². The van der Waals surface area contributed by atoms with Crippen LogP contribution in [0, 0.1) is 0 Å². The molecule has 98 valence electrons. The zero-order valence-corrected chi connectivity index (χ0v) is 10.8. The highest BCUT2D eigenvalue weighted by Gasteiger charge is 2.05. The van der Waals surface area contributed by atoms with Gasteiger partial charge in [-0.3, -0.25) is 9.78 Å². The quantitative estimate of drug-likeness (QED) is 0.804. The van der Waals surface area contributed by atoms with E-state index in [0.29, 0.717) is 18.7 Å². The Labute approximate surface area is 112 Å². The molecule has 0 amide bonds. The minimum Gasteiger partial charge on any atom is -0.497 e. The third-order valence-electron chi connectivity index (χ3n) is 2.73. The summed E-state index contributed by atoms with van der Waals surface area (Å²) in [5.74, 6) is 0.802. The lowest BCUT2D eigenvalue weighted by Crippen LogP contribution is -2.23. The molecule has 0 saturated carbocycles. The molecule has 2 rings (SSSR count). The number of benzene rings is 1. The van der Waals surface area contributed by atoms with Crippen LogP contribution in [0.5, 0.6) is 5.75 Å². The van der Waals surface area contributed by atoms with E-state index in [1.165, 1.54) is 0 Å². The molecule has 1 aromatic carbocycles. The molecular formula is C15H16N2O2. The van der Waals surface area contributed by atoms with E-state index in [1.54, 1.807) is 37.6 Å². The summed E-state index contributed by atoms with van der Waals surface area (Å²) >= 11 is 0. The first-order valence-electron chi connectivity index (χ1n) is 6.07. The monoisotopic (exact) mass is 256 g/mol. The summed E-state index contributed by atoms with van der Waals surface area (Å²) in [5.41, 5.74) is 1.60. The second kappa shape index (κ2) is 6.66. The molecule has 0 saturated heterocycles. The van der Waals surface area contributed by atoms with Gasteiger partial charge in [-0.1, -0.05) is 6.07 Å². The number of aromatic nitrogens is 1. The molecule has 0 unspecified atom stereocenters. The fourth-order valence-electron chi connectivity index (χ4n) is 1.69. The lowest BCUT2D eigenvalue weighted by atomic mass is 10.1. The molecule has 19 heavy (non-hydrogen) atoms. The minimum atomic E-state index is 0.0542. The van der Waals surface area contributed by atoms with Crippen LogP contribution in [-0.2, 0) is 6.54 Å². The number of pyridine rings is 1. The smallest absolute Gasteiger partial charge is 0.176 e. The van der Waals surface area contributed by atoms with E-state index < -0.39 is 0 Å². The molecule has 0 spiro atoms. The maximum atomic E-state index is 11.9. The van der Waals surface area contributed by atoms with Crippen molar-refractivity contribution < 1.29 is 9.53 Å². The summed E-state index contributed by atoms with van der Waals surface area (Å²) in [6.07, 6.45) is 1.74. The van der Waals surface area contributed by atoms with Crippen molar-refractivity contribution in [3.05, 3.63) is 59.9 Å². The van der Waals surface area contributed by atoms with Crippen molar-refractivity contribution in [2.45, 2.75) is 6.54 Å². The standard InChI is InChI=1S/C15H16N2O2/c1-19-14-7-5-12(6-8-14)15(18)11-16-10-13-4-2-3-9-17-13/h2-9,16H,10-11H2,1H3. The van der Waals surface area contributed by atoms with Crippen LogP contribution < -0.4 is 10.1 Å². The summed E-state index contributed by atoms with van der Waals surface area (Å²) in [6, 6.07) is 12.8. The number of carbonyl (C=O) groups is 1. The van der Waals surface area contributed by atoms with Gasteiger partial charge in [0.15, 0.2) is 5.78 Å². The summed E-state index contributed by atoms with van der Waals surface area (Å²) in [4.78, 5) is 16.1. The normalized spacial score (nSPS) is 10.2. The van der Waals surface area contributed by atoms with Crippen molar-refractivity contribution in [1.82, 2.24) is 10.3 Å². The summed E-state index contributed by atoms with van der Waals surface area (Å²) in [5, 5.41) is 3.09. The Morgan fingerprint density at radius 3 is 2.63 bits per heavy atom. The molecule has 0 aliphatic heterocycles. The van der Waals surface area contributed by atoms with Crippen LogP contribution in [0.2, 0.25) is 0 Å². The number of ether oxygens (including phenoxy) is 1. The Bertz CT molecular complexity index is 524. The van der Waals surface area contributed by atoms with Gasteiger partial charge in [-0.05, 0) is 36.4 Å². The molecule has 1 heterocycles. The van der Waals surface area contributed by atoms with E-state index >= 15 is 0 Å². The molecule has 0 aliphatic rings. The topological polar surface area (TPSA) is 51.2 Å². The van der Waals surface area contributed by atoms with Crippen molar-refractivity contribution >= 4 is 5.78 Å². The molecule has 0 bridgehead atoms. The van der Waals surface area contributed by atoms with Crippen LogP contribution >= 0.6 is 0 Å². The lowest BCUT2D eigenvalue weighted by molar-refractivity contribution is 0.0990. The van der Waals surface area contributed by atoms with E-state index in [4.69, 9.17) is 4.74 Å². The van der Waals surface area contributed by atoms with Crippen molar-refractivity contribution in [3.63, 3.8) is 0 Å². The van der Waals surface area contributed by atoms with E-state index in [-0.39, 0.29) is 5.78 Å². The minimum absolute atomic E-state index is 0.0542. The Morgan fingerprint density at radius 1 is 1.21 bits per heavy atom. The van der Waals surface area contributed by atoms with Crippen molar-refractivity contribution in [2.75, 3.05) is 13.7 Å². The molecule has 0 atom stereocenters. The highest BCUT2D eigenvalue weighted by atomic mass is 16.5. The first-order valence-corrected chi connectivity index (χ1v) is 6.07. The summed E-state index contributed by atoms with van der Waals surface area (Å²) in [6.45, 7) is 0.881. The fraction of sp³-hybridized carbons (Fsp3) is 0.200. The van der Waals surface area contributed by atoms with Gasteiger partial charge in [0.25, 0.3) is 0 Å². The zero-order valence-electron chi connectivity index (χ0n) is 10.8. The first kappa shape index (κ1) is 13.2. The molecule has 4 nitrogen and oxygen atoms in total. The van der Waals surface area contributed by atoms with Crippen LogP contribution in [0.1, 0.15) is 16.1 Å². The summed E-state index contributed by atoms with van der Waals surface area (Å²) in [7, 11) is 1.60. The highest BCUT2D eigenvalue weighted by Crippen LogP contribution is 2.11. The molecule has 1 aromatic heterocycles. The van der Waals surface area contributed by atoms with Gasteiger partial charge in [0.05, 0.1) is 19.3 Å². The predicted octanol–water partition coefficient (Wildman–Crippen LogP) is 2.06. The molecule has 0 fully saturated rings. The molecule has 0 radical (unpaired) electrons. The second-order valence-electron chi connectivity index (χ2n) is 4.08.